The van der Waals surface area contributed by atoms with Crippen molar-refractivity contribution in [2.24, 2.45) is 11.7 Å². The van der Waals surface area contributed by atoms with Crippen LogP contribution in [0.25, 0.3) is 0 Å². The van der Waals surface area contributed by atoms with Gasteiger partial charge in [0.25, 0.3) is 0 Å². The minimum Gasteiger partial charge on any atom is -0.444 e. The molecule has 0 aliphatic heterocycles. The zero-order valence-electron chi connectivity index (χ0n) is 13.4. The maximum Gasteiger partial charge on any atom is 0.407 e. The Morgan fingerprint density at radius 1 is 1.35 bits per heavy atom. The summed E-state index contributed by atoms with van der Waals surface area (Å²) in [7, 11) is 0. The average molecular weight is 285 g/mol. The van der Waals surface area contributed by atoms with E-state index in [1.165, 1.54) is 25.7 Å². The molecule has 0 bridgehead atoms. The standard InChI is InChI=1S/C15H31N3O2/c1-11(10-17-14(19)20-15(2,3)4)18-13-8-6-5-7-12(13)9-16/h11-13,18H,5-10,16H2,1-4H3,(H,17,19). The normalized spacial score (nSPS) is 25.1. The summed E-state index contributed by atoms with van der Waals surface area (Å²) in [5.74, 6) is 0.563. The van der Waals surface area contributed by atoms with E-state index in [-0.39, 0.29) is 12.1 Å². The summed E-state index contributed by atoms with van der Waals surface area (Å²) in [5.41, 5.74) is 5.38. The fourth-order valence-electron chi connectivity index (χ4n) is 2.68. The van der Waals surface area contributed by atoms with E-state index >= 15 is 0 Å². The lowest BCUT2D eigenvalue weighted by Gasteiger charge is -2.33. The molecule has 1 rings (SSSR count). The lowest BCUT2D eigenvalue weighted by molar-refractivity contribution is 0.0521. The third-order valence-corrected chi connectivity index (χ3v) is 3.66. The van der Waals surface area contributed by atoms with Crippen molar-refractivity contribution < 1.29 is 9.53 Å². The van der Waals surface area contributed by atoms with E-state index in [0.717, 1.165) is 6.54 Å². The van der Waals surface area contributed by atoms with E-state index in [4.69, 9.17) is 10.5 Å². The van der Waals surface area contributed by atoms with Crippen LogP contribution in [-0.4, -0.2) is 36.9 Å². The van der Waals surface area contributed by atoms with Gasteiger partial charge in [-0.25, -0.2) is 4.79 Å². The van der Waals surface area contributed by atoms with Crippen molar-refractivity contribution in [1.82, 2.24) is 10.6 Å². The van der Waals surface area contributed by atoms with Crippen LogP contribution < -0.4 is 16.4 Å². The second-order valence-corrected chi connectivity index (χ2v) is 6.84. The number of rotatable bonds is 5. The van der Waals surface area contributed by atoms with E-state index in [1.807, 2.05) is 20.8 Å². The molecule has 1 amide bonds. The highest BCUT2D eigenvalue weighted by atomic mass is 16.6. The predicted molar refractivity (Wildman–Crippen MR) is 81.6 cm³/mol. The summed E-state index contributed by atoms with van der Waals surface area (Å²) in [6.45, 7) is 8.98. The van der Waals surface area contributed by atoms with Crippen molar-refractivity contribution in [2.45, 2.75) is 71.1 Å². The molecule has 118 valence electrons. The molecule has 3 unspecified atom stereocenters. The van der Waals surface area contributed by atoms with E-state index < -0.39 is 5.60 Å². The fraction of sp³-hybridized carbons (Fsp3) is 0.933. The Kier molecular flexibility index (Phi) is 6.76. The van der Waals surface area contributed by atoms with Gasteiger partial charge < -0.3 is 21.1 Å². The summed E-state index contributed by atoms with van der Waals surface area (Å²) in [4.78, 5) is 11.6. The largest absolute Gasteiger partial charge is 0.444 e. The Hall–Kier alpha value is -0.810. The number of hydrogen-bond donors (Lipinski definition) is 3. The van der Waals surface area contributed by atoms with Crippen LogP contribution in [0, 0.1) is 5.92 Å². The summed E-state index contributed by atoms with van der Waals surface area (Å²) >= 11 is 0. The van der Waals surface area contributed by atoms with Crippen molar-refractivity contribution in [3.63, 3.8) is 0 Å². The molecule has 5 nitrogen and oxygen atoms in total. The zero-order chi connectivity index (χ0) is 15.2. The highest BCUT2D eigenvalue weighted by Gasteiger charge is 2.25. The minimum absolute atomic E-state index is 0.222. The third kappa shape index (κ3) is 6.57. The summed E-state index contributed by atoms with van der Waals surface area (Å²) in [6.07, 6.45) is 4.58. The van der Waals surface area contributed by atoms with Crippen LogP contribution in [0.2, 0.25) is 0 Å². The molecule has 0 aromatic carbocycles. The molecule has 1 fully saturated rings. The maximum absolute atomic E-state index is 11.6. The fourth-order valence-corrected chi connectivity index (χ4v) is 2.68. The van der Waals surface area contributed by atoms with Crippen molar-refractivity contribution in [3.8, 4) is 0 Å². The number of nitrogens with one attached hydrogen (secondary N) is 2. The van der Waals surface area contributed by atoms with Gasteiger partial charge in [0.05, 0.1) is 0 Å². The molecule has 0 heterocycles. The molecule has 20 heavy (non-hydrogen) atoms. The second-order valence-electron chi connectivity index (χ2n) is 6.84. The van der Waals surface area contributed by atoms with Gasteiger partial charge in [0.2, 0.25) is 0 Å². The van der Waals surface area contributed by atoms with Gasteiger partial charge in [0, 0.05) is 18.6 Å². The van der Waals surface area contributed by atoms with Crippen LogP contribution in [0.3, 0.4) is 0 Å². The van der Waals surface area contributed by atoms with Gasteiger partial charge in [-0.05, 0) is 53.0 Å². The van der Waals surface area contributed by atoms with E-state index in [0.29, 0.717) is 18.5 Å². The molecule has 1 aliphatic carbocycles. The number of carbonyl (C=O) groups is 1. The number of hydrogen-bond acceptors (Lipinski definition) is 4. The zero-order valence-corrected chi connectivity index (χ0v) is 13.4. The predicted octanol–water partition coefficient (Wildman–Crippen LogP) is 2.01. The minimum atomic E-state index is -0.450. The second kappa shape index (κ2) is 7.84. The summed E-state index contributed by atoms with van der Waals surface area (Å²) in [5, 5.41) is 6.39. The molecule has 4 N–H and O–H groups in total. The van der Waals surface area contributed by atoms with Gasteiger partial charge in [0.15, 0.2) is 0 Å². The maximum atomic E-state index is 11.6. The summed E-state index contributed by atoms with van der Waals surface area (Å²) in [6, 6.07) is 0.698. The van der Waals surface area contributed by atoms with Crippen LogP contribution in [0.4, 0.5) is 4.79 Å². The van der Waals surface area contributed by atoms with Gasteiger partial charge in [-0.1, -0.05) is 12.8 Å². The molecule has 0 aromatic heterocycles. The monoisotopic (exact) mass is 285 g/mol. The Morgan fingerprint density at radius 3 is 2.60 bits per heavy atom. The van der Waals surface area contributed by atoms with Crippen LogP contribution in [0.1, 0.15) is 53.4 Å². The first-order valence-corrected chi connectivity index (χ1v) is 7.75. The molecular formula is C15H31N3O2. The first-order chi connectivity index (χ1) is 9.31. The molecule has 3 atom stereocenters. The number of amides is 1. The number of alkyl carbamates (subject to hydrolysis) is 1. The first-order valence-electron chi connectivity index (χ1n) is 7.75. The molecule has 1 aliphatic rings. The topological polar surface area (TPSA) is 76.4 Å². The van der Waals surface area contributed by atoms with Crippen LogP contribution >= 0.6 is 0 Å². The van der Waals surface area contributed by atoms with Crippen LogP contribution in [0.15, 0.2) is 0 Å². The van der Waals surface area contributed by atoms with Gasteiger partial charge in [-0.2, -0.15) is 0 Å². The highest BCUT2D eigenvalue weighted by molar-refractivity contribution is 5.67. The van der Waals surface area contributed by atoms with Gasteiger partial charge in [-0.3, -0.25) is 0 Å². The first kappa shape index (κ1) is 17.2. The lowest BCUT2D eigenvalue weighted by Crippen LogP contribution is -2.49. The molecule has 0 aromatic rings. The van der Waals surface area contributed by atoms with Crippen molar-refractivity contribution in [2.75, 3.05) is 13.1 Å². The van der Waals surface area contributed by atoms with Crippen molar-refractivity contribution in [1.29, 1.82) is 0 Å². The van der Waals surface area contributed by atoms with Crippen LogP contribution in [-0.2, 0) is 4.74 Å². The molecular weight excluding hydrogens is 254 g/mol. The number of carbonyl (C=O) groups excluding carboxylic acids is 1. The van der Waals surface area contributed by atoms with E-state index in [1.54, 1.807) is 0 Å². The van der Waals surface area contributed by atoms with Gasteiger partial charge in [0.1, 0.15) is 5.60 Å². The van der Waals surface area contributed by atoms with Gasteiger partial charge in [-0.15, -0.1) is 0 Å². The molecule has 5 heteroatoms. The van der Waals surface area contributed by atoms with Crippen molar-refractivity contribution >= 4 is 6.09 Å². The molecule has 0 spiro atoms. The smallest absolute Gasteiger partial charge is 0.407 e. The molecule has 0 radical (unpaired) electrons. The Bertz CT molecular complexity index is 302. The Balaban J connectivity index is 2.28. The van der Waals surface area contributed by atoms with E-state index in [2.05, 4.69) is 17.6 Å². The molecule has 1 saturated carbocycles. The van der Waals surface area contributed by atoms with Crippen molar-refractivity contribution in [3.05, 3.63) is 0 Å². The third-order valence-electron chi connectivity index (χ3n) is 3.66. The highest BCUT2D eigenvalue weighted by Crippen LogP contribution is 2.23. The van der Waals surface area contributed by atoms with E-state index in [9.17, 15) is 4.79 Å². The quantitative estimate of drug-likeness (QED) is 0.722. The van der Waals surface area contributed by atoms with Crippen LogP contribution in [0.5, 0.6) is 0 Å². The lowest BCUT2D eigenvalue weighted by atomic mass is 9.84. The molecule has 0 saturated heterocycles. The average Bonchev–Trinajstić information content (AvgIpc) is 2.35. The Labute approximate surface area is 123 Å². The Morgan fingerprint density at radius 2 is 2.00 bits per heavy atom. The SMILES string of the molecule is CC(CNC(=O)OC(C)(C)C)NC1CCCCC1CN. The summed E-state index contributed by atoms with van der Waals surface area (Å²) < 4.78 is 5.22. The number of ether oxygens (including phenoxy) is 1. The van der Waals surface area contributed by atoms with Gasteiger partial charge >= 0.3 is 6.09 Å². The number of nitrogens with two attached hydrogens (primary N) is 1.